The van der Waals surface area contributed by atoms with Gasteiger partial charge >= 0.3 is 5.69 Å². The van der Waals surface area contributed by atoms with Crippen LogP contribution in [-0.2, 0) is 6.54 Å². The van der Waals surface area contributed by atoms with Gasteiger partial charge in [-0.2, -0.15) is 4.98 Å². The number of aromatic nitrogens is 3. The summed E-state index contributed by atoms with van der Waals surface area (Å²) < 4.78 is 3.25. The van der Waals surface area contributed by atoms with Crippen LogP contribution in [0.15, 0.2) is 70.3 Å². The van der Waals surface area contributed by atoms with Crippen molar-refractivity contribution >= 4 is 10.9 Å². The fourth-order valence-corrected chi connectivity index (χ4v) is 5.81. The van der Waals surface area contributed by atoms with E-state index >= 15 is 0 Å². The third-order valence-electron chi connectivity index (χ3n) is 8.10. The Balaban J connectivity index is 1.26. The molecule has 4 rings (SSSR count). The SMILES string of the molecule is CCCCCCCCCCCCCCCCCCn1c2nc(=O)n(-c3ccccc3)c(=O)c-2cc2ccccc21. The van der Waals surface area contributed by atoms with Gasteiger partial charge in [-0.05, 0) is 36.1 Å². The Labute approximate surface area is 239 Å². The molecule has 0 fully saturated rings. The van der Waals surface area contributed by atoms with Crippen LogP contribution in [0.3, 0.4) is 0 Å². The molecule has 0 radical (unpaired) electrons. The standard InChI is InChI=1S/C35H47N3O2/c1-2-3-4-5-6-7-8-9-10-11-12-13-14-15-16-22-27-37-32-26-21-20-23-29(32)28-31-33(37)36-35(40)38(34(31)39)30-24-18-17-19-25-30/h17-21,23-26,28H,2-16,22,27H2,1H3. The van der Waals surface area contributed by atoms with Crippen LogP contribution in [-0.4, -0.2) is 14.1 Å². The van der Waals surface area contributed by atoms with Gasteiger partial charge in [0.25, 0.3) is 5.56 Å². The molecule has 0 amide bonds. The summed E-state index contributed by atoms with van der Waals surface area (Å²) in [5.74, 6) is 0.488. The molecule has 0 aliphatic carbocycles. The van der Waals surface area contributed by atoms with Gasteiger partial charge in [-0.3, -0.25) is 4.79 Å². The predicted molar refractivity (Wildman–Crippen MR) is 168 cm³/mol. The Bertz CT molecular complexity index is 1390. The lowest BCUT2D eigenvalue weighted by Crippen LogP contribution is -2.36. The molecule has 0 atom stereocenters. The summed E-state index contributed by atoms with van der Waals surface area (Å²) in [6.45, 7) is 3.03. The van der Waals surface area contributed by atoms with Crippen molar-refractivity contribution in [3.63, 3.8) is 0 Å². The quantitative estimate of drug-likeness (QED) is 0.0933. The molecular weight excluding hydrogens is 494 g/mol. The van der Waals surface area contributed by atoms with Crippen molar-refractivity contribution in [3.05, 3.63) is 81.5 Å². The van der Waals surface area contributed by atoms with Crippen molar-refractivity contribution in [2.75, 3.05) is 0 Å². The van der Waals surface area contributed by atoms with E-state index in [1.54, 1.807) is 12.1 Å². The third kappa shape index (κ3) is 8.16. The monoisotopic (exact) mass is 541 g/mol. The first-order valence-corrected chi connectivity index (χ1v) is 15.8. The van der Waals surface area contributed by atoms with Crippen LogP contribution in [0.4, 0.5) is 0 Å². The van der Waals surface area contributed by atoms with Crippen LogP contribution in [0.2, 0.25) is 0 Å². The molecule has 214 valence electrons. The first-order chi connectivity index (χ1) is 19.7. The van der Waals surface area contributed by atoms with E-state index in [0.717, 1.165) is 30.3 Å². The minimum absolute atomic E-state index is 0.312. The molecule has 2 aliphatic heterocycles. The zero-order chi connectivity index (χ0) is 28.0. The molecule has 0 unspecified atom stereocenters. The third-order valence-corrected chi connectivity index (χ3v) is 8.10. The number of hydrogen-bond donors (Lipinski definition) is 0. The van der Waals surface area contributed by atoms with E-state index in [4.69, 9.17) is 0 Å². The maximum absolute atomic E-state index is 13.5. The number of pyridine rings is 1. The highest BCUT2D eigenvalue weighted by atomic mass is 16.2. The molecule has 0 N–H and O–H groups in total. The molecule has 2 aromatic carbocycles. The topological polar surface area (TPSA) is 56.9 Å². The molecule has 2 aromatic rings. The smallest absolute Gasteiger partial charge is 0.325 e. The van der Waals surface area contributed by atoms with Gasteiger partial charge in [-0.1, -0.05) is 140 Å². The Morgan fingerprint density at radius 1 is 0.625 bits per heavy atom. The van der Waals surface area contributed by atoms with E-state index in [2.05, 4.69) is 22.5 Å². The highest BCUT2D eigenvalue weighted by Gasteiger charge is 2.20. The number of para-hydroxylation sites is 2. The van der Waals surface area contributed by atoms with Gasteiger partial charge in [0.2, 0.25) is 0 Å². The Morgan fingerprint density at radius 2 is 1.15 bits per heavy atom. The summed E-state index contributed by atoms with van der Waals surface area (Å²) in [5.41, 5.74) is 1.20. The average Bonchev–Trinajstić information content (AvgIpc) is 2.97. The van der Waals surface area contributed by atoms with Crippen LogP contribution in [0.25, 0.3) is 28.0 Å². The van der Waals surface area contributed by atoms with Crippen molar-refractivity contribution in [3.8, 4) is 17.1 Å². The molecular formula is C35H47N3O2. The first kappa shape index (κ1) is 29.8. The summed E-state index contributed by atoms with van der Waals surface area (Å²) in [6, 6.07) is 19.0. The minimum Gasteiger partial charge on any atom is -0.325 e. The largest absolute Gasteiger partial charge is 0.357 e. The van der Waals surface area contributed by atoms with Crippen molar-refractivity contribution in [2.24, 2.45) is 0 Å². The lowest BCUT2D eigenvalue weighted by molar-refractivity contribution is 0.522. The second-order valence-corrected chi connectivity index (χ2v) is 11.3. The molecule has 40 heavy (non-hydrogen) atoms. The number of unbranched alkanes of at least 4 members (excludes halogenated alkanes) is 15. The molecule has 5 heteroatoms. The molecule has 0 saturated heterocycles. The van der Waals surface area contributed by atoms with Gasteiger partial charge in [0.05, 0.1) is 11.3 Å². The molecule has 0 aromatic heterocycles. The number of hydrogen-bond acceptors (Lipinski definition) is 3. The Morgan fingerprint density at radius 3 is 1.75 bits per heavy atom. The predicted octanol–water partition coefficient (Wildman–Crippen LogP) is 8.91. The van der Waals surface area contributed by atoms with Crippen LogP contribution in [0.5, 0.6) is 0 Å². The maximum Gasteiger partial charge on any atom is 0.357 e. The van der Waals surface area contributed by atoms with Crippen LogP contribution in [0, 0.1) is 0 Å². The summed E-state index contributed by atoms with van der Waals surface area (Å²) in [5, 5.41) is 0.989. The van der Waals surface area contributed by atoms with Gasteiger partial charge in [0, 0.05) is 12.1 Å². The lowest BCUT2D eigenvalue weighted by atomic mass is 10.0. The Hall–Kier alpha value is -3.21. The zero-order valence-electron chi connectivity index (χ0n) is 24.5. The van der Waals surface area contributed by atoms with E-state index in [0.29, 0.717) is 17.1 Å². The van der Waals surface area contributed by atoms with Gasteiger partial charge < -0.3 is 4.57 Å². The summed E-state index contributed by atoms with van der Waals surface area (Å²) >= 11 is 0. The summed E-state index contributed by atoms with van der Waals surface area (Å²) in [6.07, 6.45) is 21.3. The van der Waals surface area contributed by atoms with E-state index in [1.165, 1.54) is 94.5 Å². The number of rotatable bonds is 18. The van der Waals surface area contributed by atoms with Crippen LogP contribution >= 0.6 is 0 Å². The zero-order valence-corrected chi connectivity index (χ0v) is 24.5. The van der Waals surface area contributed by atoms with E-state index in [1.807, 2.05) is 42.5 Å². The second-order valence-electron chi connectivity index (χ2n) is 11.3. The van der Waals surface area contributed by atoms with Crippen LogP contribution in [0.1, 0.15) is 110 Å². The highest BCUT2D eigenvalue weighted by Crippen LogP contribution is 2.25. The van der Waals surface area contributed by atoms with E-state index in [9.17, 15) is 9.59 Å². The fraction of sp³-hybridized carbons (Fsp3) is 0.514. The molecule has 2 heterocycles. The van der Waals surface area contributed by atoms with Gasteiger partial charge in [0.15, 0.2) is 5.82 Å². The van der Waals surface area contributed by atoms with Crippen LogP contribution < -0.4 is 11.2 Å². The molecule has 0 saturated carbocycles. The number of aryl methyl sites for hydroxylation is 1. The average molecular weight is 542 g/mol. The molecule has 0 bridgehead atoms. The second kappa shape index (κ2) is 16.2. The number of fused-ring (bicyclic) bond motifs is 2. The van der Waals surface area contributed by atoms with Gasteiger partial charge in [-0.15, -0.1) is 0 Å². The normalized spacial score (nSPS) is 11.5. The van der Waals surface area contributed by atoms with Crippen molar-refractivity contribution in [1.29, 1.82) is 0 Å². The number of benzene rings is 2. The lowest BCUT2D eigenvalue weighted by Gasteiger charge is -2.18. The highest BCUT2D eigenvalue weighted by molar-refractivity contribution is 5.85. The molecule has 5 nitrogen and oxygen atoms in total. The molecule has 0 spiro atoms. The fourth-order valence-electron chi connectivity index (χ4n) is 5.81. The van der Waals surface area contributed by atoms with Crippen molar-refractivity contribution < 1.29 is 0 Å². The van der Waals surface area contributed by atoms with Gasteiger partial charge in [-0.25, -0.2) is 9.36 Å². The summed E-state index contributed by atoms with van der Waals surface area (Å²) in [4.78, 5) is 30.9. The van der Waals surface area contributed by atoms with Crippen molar-refractivity contribution in [2.45, 2.75) is 116 Å². The van der Waals surface area contributed by atoms with E-state index in [-0.39, 0.29) is 5.56 Å². The Kier molecular flexibility index (Phi) is 12.0. The molecule has 2 aliphatic rings. The van der Waals surface area contributed by atoms with Gasteiger partial charge in [0.1, 0.15) is 0 Å². The summed E-state index contributed by atoms with van der Waals surface area (Å²) in [7, 11) is 0. The van der Waals surface area contributed by atoms with Crippen molar-refractivity contribution in [1.82, 2.24) is 14.1 Å². The maximum atomic E-state index is 13.5. The minimum atomic E-state index is -0.528. The van der Waals surface area contributed by atoms with E-state index < -0.39 is 5.69 Å². The number of nitrogens with zero attached hydrogens (tertiary/aromatic N) is 3. The first-order valence-electron chi connectivity index (χ1n) is 15.8.